The van der Waals surface area contributed by atoms with Crippen molar-refractivity contribution in [2.24, 2.45) is 70.5 Å². The molecule has 3 aliphatic heterocycles. The van der Waals surface area contributed by atoms with Crippen molar-refractivity contribution in [3.05, 3.63) is 0 Å². The molecule has 0 spiro atoms. The number of piperidine rings is 2. The number of aliphatic hydroxyl groups is 6. The molecule has 3 saturated heterocycles. The summed E-state index contributed by atoms with van der Waals surface area (Å²) in [4.78, 5) is 32.6. The molecule has 18 N–H and O–H groups in total. The lowest BCUT2D eigenvalue weighted by atomic mass is 9.51. The maximum absolute atomic E-state index is 14.9. The van der Waals surface area contributed by atoms with Gasteiger partial charge in [-0.25, -0.2) is 0 Å². The summed E-state index contributed by atoms with van der Waals surface area (Å²) in [5.74, 6) is -4.88. The van der Waals surface area contributed by atoms with Crippen molar-refractivity contribution in [2.45, 2.75) is 125 Å². The molecular formula is C39H72N7O11+3. The minimum atomic E-state index is -2.00. The lowest BCUT2D eigenvalue weighted by molar-refractivity contribution is -0.703. The number of fused-ring (bicyclic) bond motifs is 2. The highest BCUT2D eigenvalue weighted by atomic mass is 16.7. The first kappa shape index (κ1) is 44.6. The smallest absolute Gasteiger partial charge is 0.340 e. The van der Waals surface area contributed by atoms with Gasteiger partial charge in [0, 0.05) is 62.6 Å². The number of carbonyl (C=O) groups is 2. The molecule has 3 heterocycles. The predicted molar refractivity (Wildman–Crippen MR) is 203 cm³/mol. The number of quaternary nitrogens is 2. The fraction of sp³-hybridized carbons (Fsp3) is 0.923. The molecule has 6 aliphatic rings. The first-order valence-electron chi connectivity index (χ1n) is 21.4. The van der Waals surface area contributed by atoms with Gasteiger partial charge in [-0.05, 0) is 56.8 Å². The topological polar surface area (TPSA) is 320 Å². The summed E-state index contributed by atoms with van der Waals surface area (Å²) >= 11 is 0. The summed E-state index contributed by atoms with van der Waals surface area (Å²) < 4.78 is 18.2. The normalized spacial score (nSPS) is 46.9. The molecule has 0 aromatic rings. The maximum Gasteiger partial charge on any atom is 0.340 e. The van der Waals surface area contributed by atoms with Crippen LogP contribution in [0, 0.1) is 53.3 Å². The van der Waals surface area contributed by atoms with Gasteiger partial charge in [0.25, 0.3) is 0 Å². The number of aliphatic hydroxyl groups excluding tert-OH is 5. The monoisotopic (exact) mass is 815 g/mol. The minimum Gasteiger partial charge on any atom is -0.396 e. The Labute approximate surface area is 335 Å². The van der Waals surface area contributed by atoms with Crippen LogP contribution in [0.3, 0.4) is 0 Å². The summed E-state index contributed by atoms with van der Waals surface area (Å²) in [7, 11) is 3.13. The molecule has 0 amide bonds. The van der Waals surface area contributed by atoms with Crippen LogP contribution in [0.25, 0.3) is 0 Å². The maximum atomic E-state index is 14.9. The van der Waals surface area contributed by atoms with Crippen molar-refractivity contribution in [2.75, 3.05) is 47.0 Å². The average Bonchev–Trinajstić information content (AvgIpc) is 3.20. The number of methoxy groups -OCH3 is 1. The standard InChI is InChI=1S/C39H69N7O11/c1-43-38(42)46-15-22-20(5-3-19-4-6-27(40)45-14-19)12-21-30(33(22)50)34(51)31-25(13-24(55-2)23(16-47)29(31)32(21)49)56-37-35(52)36(53)39(54,26(17-48)57-37)9-7-18-8-10-44-28(41)11-18/h18-31,33,35-37,44-45,47-48,50,52-54H,3-17,40-41H2,1-2H3,(H3,42,43,46)/p+3/t18?,19?,20?,21?,22?,23?,24?,25?,26-,27?,28?,29?,30?,31?,33?,35-,36-,37+,39-/m1/s1. The molecule has 0 bridgehead atoms. The molecule has 3 saturated carbocycles. The lowest BCUT2D eigenvalue weighted by Gasteiger charge is -2.55. The first-order valence-corrected chi connectivity index (χ1v) is 21.4. The van der Waals surface area contributed by atoms with E-state index in [-0.39, 0.29) is 55.1 Å². The van der Waals surface area contributed by atoms with E-state index in [2.05, 4.69) is 20.9 Å². The Morgan fingerprint density at radius 3 is 2.32 bits per heavy atom. The van der Waals surface area contributed by atoms with Gasteiger partial charge in [-0.3, -0.25) is 37.1 Å². The SMILES string of the molecule is C[NH+]=C(N)NCC1C(CCC2CCC(N)[NH2+]C2)CC2C(=O)C3C(CO)C(OC)CC(O[C@H]4O[C@H](CO)[C@](O)(CCC5CC[NH2+]C(N)C5)[C@H](O)[C@H]4O)C3C(=O)C2C1O. The molecule has 326 valence electrons. The van der Waals surface area contributed by atoms with E-state index in [1.165, 1.54) is 7.11 Å². The minimum absolute atomic E-state index is 0.0361. The van der Waals surface area contributed by atoms with Gasteiger partial charge in [0.15, 0.2) is 6.29 Å². The van der Waals surface area contributed by atoms with E-state index >= 15 is 0 Å². The van der Waals surface area contributed by atoms with Crippen molar-refractivity contribution in [3.8, 4) is 0 Å². The van der Waals surface area contributed by atoms with Gasteiger partial charge in [-0.2, -0.15) is 0 Å². The number of carbonyl (C=O) groups excluding carboxylic acids is 2. The van der Waals surface area contributed by atoms with Gasteiger partial charge >= 0.3 is 5.96 Å². The zero-order chi connectivity index (χ0) is 41.2. The number of nitrogens with one attached hydrogen (secondary N) is 2. The van der Waals surface area contributed by atoms with Gasteiger partial charge in [-0.15, -0.1) is 0 Å². The number of Topliss-reactive ketones (excluding diaryl/α,β-unsaturated/α-hetero) is 2. The molecule has 19 atom stereocenters. The molecule has 6 fully saturated rings. The van der Waals surface area contributed by atoms with E-state index in [1.807, 2.05) is 0 Å². The highest BCUT2D eigenvalue weighted by molar-refractivity contribution is 6.01. The molecule has 3 aliphatic carbocycles. The molecule has 18 heteroatoms. The van der Waals surface area contributed by atoms with E-state index in [4.69, 9.17) is 31.4 Å². The van der Waals surface area contributed by atoms with Crippen molar-refractivity contribution >= 4 is 17.5 Å². The number of hydrogen-bond donors (Lipinski definition) is 13. The van der Waals surface area contributed by atoms with E-state index < -0.39 is 97.2 Å². The van der Waals surface area contributed by atoms with E-state index in [9.17, 15) is 40.2 Å². The quantitative estimate of drug-likeness (QED) is 0.0607. The summed E-state index contributed by atoms with van der Waals surface area (Å²) in [6.07, 6.45) is -3.33. The Morgan fingerprint density at radius 1 is 0.895 bits per heavy atom. The largest absolute Gasteiger partial charge is 0.396 e. The Hall–Kier alpha value is -1.91. The van der Waals surface area contributed by atoms with E-state index in [0.29, 0.717) is 24.7 Å². The van der Waals surface area contributed by atoms with Crippen LogP contribution >= 0.6 is 0 Å². The molecule has 14 unspecified atom stereocenters. The van der Waals surface area contributed by atoms with Crippen LogP contribution in [0.4, 0.5) is 0 Å². The number of nitrogens with two attached hydrogens (primary N) is 5. The number of ketones is 2. The third-order valence-electron chi connectivity index (χ3n) is 14.9. The van der Waals surface area contributed by atoms with Crippen molar-refractivity contribution < 1.29 is 70.1 Å². The zero-order valence-electron chi connectivity index (χ0n) is 33.6. The fourth-order valence-corrected chi connectivity index (χ4v) is 11.5. The number of ether oxygens (including phenoxy) is 3. The Kier molecular flexibility index (Phi) is 15.0. The molecule has 0 aromatic heterocycles. The van der Waals surface area contributed by atoms with Crippen LogP contribution in [0.5, 0.6) is 0 Å². The first-order chi connectivity index (χ1) is 27.3. The second-order valence-electron chi connectivity index (χ2n) is 18.1. The molecule has 57 heavy (non-hydrogen) atoms. The molecule has 0 radical (unpaired) electrons. The Morgan fingerprint density at radius 2 is 1.67 bits per heavy atom. The van der Waals surface area contributed by atoms with Gasteiger partial charge in [0.1, 0.15) is 47.8 Å². The fourth-order valence-electron chi connectivity index (χ4n) is 11.5. The number of guanidine groups is 1. The van der Waals surface area contributed by atoms with Crippen LogP contribution in [0.15, 0.2) is 0 Å². The average molecular weight is 815 g/mol. The molecule has 0 aromatic carbocycles. The predicted octanol–water partition coefficient (Wildman–Crippen LogP) is -7.13. The van der Waals surface area contributed by atoms with Crippen LogP contribution in [-0.4, -0.2) is 156 Å². The number of rotatable bonds is 13. The highest BCUT2D eigenvalue weighted by Crippen LogP contribution is 2.53. The summed E-state index contributed by atoms with van der Waals surface area (Å²) in [5.41, 5.74) is 16.3. The summed E-state index contributed by atoms with van der Waals surface area (Å²) in [6, 6.07) is 0. The van der Waals surface area contributed by atoms with Crippen LogP contribution in [-0.2, 0) is 23.8 Å². The molecule has 18 nitrogen and oxygen atoms in total. The van der Waals surface area contributed by atoms with Crippen LogP contribution in [0.1, 0.15) is 64.2 Å². The van der Waals surface area contributed by atoms with Crippen LogP contribution in [0.2, 0.25) is 0 Å². The van der Waals surface area contributed by atoms with E-state index in [0.717, 1.165) is 51.6 Å². The van der Waals surface area contributed by atoms with Crippen molar-refractivity contribution in [1.29, 1.82) is 0 Å². The van der Waals surface area contributed by atoms with E-state index in [1.54, 1.807) is 7.05 Å². The number of hydrogen-bond acceptors (Lipinski definition) is 13. The zero-order valence-corrected chi connectivity index (χ0v) is 33.6. The second kappa shape index (κ2) is 19.2. The van der Waals surface area contributed by atoms with Gasteiger partial charge < -0.3 is 55.5 Å². The summed E-state index contributed by atoms with van der Waals surface area (Å²) in [5, 5.41) is 75.3. The Balaban J connectivity index is 1.23. The molecule has 6 rings (SSSR count). The van der Waals surface area contributed by atoms with Crippen molar-refractivity contribution in [1.82, 2.24) is 5.32 Å². The summed E-state index contributed by atoms with van der Waals surface area (Å²) in [6.45, 7) is 0.917. The van der Waals surface area contributed by atoms with Gasteiger partial charge in [0.05, 0.1) is 63.4 Å². The van der Waals surface area contributed by atoms with Gasteiger partial charge in [-0.1, -0.05) is 0 Å². The third kappa shape index (κ3) is 9.23. The van der Waals surface area contributed by atoms with Gasteiger partial charge in [0.2, 0.25) is 0 Å². The molecular weight excluding hydrogens is 742 g/mol. The highest BCUT2D eigenvalue weighted by Gasteiger charge is 2.64. The Bertz CT molecular complexity index is 1390. The lowest BCUT2D eigenvalue weighted by Crippen LogP contribution is -2.95. The van der Waals surface area contributed by atoms with Crippen LogP contribution < -0.4 is 38.1 Å². The third-order valence-corrected chi connectivity index (χ3v) is 14.9. The second-order valence-corrected chi connectivity index (χ2v) is 18.1. The van der Waals surface area contributed by atoms with Crippen molar-refractivity contribution in [3.63, 3.8) is 0 Å².